The first kappa shape index (κ1) is 17.8. The first-order valence-electron chi connectivity index (χ1n) is 8.70. The molecule has 2 aliphatic rings. The number of hydrogen-bond acceptors (Lipinski definition) is 5. The van der Waals surface area contributed by atoms with Gasteiger partial charge in [-0.15, -0.1) is 0 Å². The van der Waals surface area contributed by atoms with E-state index >= 15 is 4.39 Å². The molecule has 0 amide bonds. The zero-order chi connectivity index (χ0) is 19.3. The van der Waals surface area contributed by atoms with Crippen LogP contribution in [0.2, 0.25) is 0 Å². The van der Waals surface area contributed by atoms with Crippen molar-refractivity contribution in [2.75, 3.05) is 31.4 Å². The van der Waals surface area contributed by atoms with Gasteiger partial charge < -0.3 is 18.9 Å². The number of nitrogens with zero attached hydrogens (tertiary/aromatic N) is 2. The van der Waals surface area contributed by atoms with E-state index in [1.54, 1.807) is 6.92 Å². The van der Waals surface area contributed by atoms with E-state index in [9.17, 15) is 18.4 Å². The molecule has 2 aromatic rings. The standard InChI is InChI=1S/C18H17F3N2O4/c1-2-27-18(25)10-7-23(9-3-4-9)15-11(17(10)24)12(19)13(20)16(14(15)21)22-5-6-26-8-22/h7,9H,2-6,8H2,1H3. The van der Waals surface area contributed by atoms with Crippen LogP contribution in [-0.2, 0) is 9.47 Å². The molecule has 1 aliphatic carbocycles. The zero-order valence-corrected chi connectivity index (χ0v) is 14.6. The van der Waals surface area contributed by atoms with Gasteiger partial charge in [-0.2, -0.15) is 0 Å². The van der Waals surface area contributed by atoms with E-state index in [-0.39, 0.29) is 38.0 Å². The quantitative estimate of drug-likeness (QED) is 0.601. The summed E-state index contributed by atoms with van der Waals surface area (Å²) in [5.41, 5.74) is -2.42. The topological polar surface area (TPSA) is 60.8 Å². The van der Waals surface area contributed by atoms with Crippen LogP contribution in [0.4, 0.5) is 18.9 Å². The Balaban J connectivity index is 2.06. The number of fused-ring (bicyclic) bond motifs is 1. The fourth-order valence-electron chi connectivity index (χ4n) is 3.35. The van der Waals surface area contributed by atoms with Gasteiger partial charge in [0, 0.05) is 18.8 Å². The number of aromatic nitrogens is 1. The number of anilines is 1. The average Bonchev–Trinajstić information content (AvgIpc) is 3.35. The Labute approximate surface area is 152 Å². The molecular weight excluding hydrogens is 365 g/mol. The van der Waals surface area contributed by atoms with Gasteiger partial charge in [0.2, 0.25) is 5.43 Å². The highest BCUT2D eigenvalue weighted by Crippen LogP contribution is 2.40. The summed E-state index contributed by atoms with van der Waals surface area (Å²) < 4.78 is 56.1. The summed E-state index contributed by atoms with van der Waals surface area (Å²) in [5, 5.41) is -0.772. The Kier molecular flexibility index (Phi) is 4.33. The Morgan fingerprint density at radius 2 is 2.00 bits per heavy atom. The number of hydrogen-bond donors (Lipinski definition) is 0. The molecule has 0 atom stereocenters. The molecule has 0 N–H and O–H groups in total. The number of ether oxygens (including phenoxy) is 2. The number of halogens is 3. The lowest BCUT2D eigenvalue weighted by atomic mass is 10.1. The highest BCUT2D eigenvalue weighted by atomic mass is 19.2. The summed E-state index contributed by atoms with van der Waals surface area (Å²) in [6, 6.07) is -0.191. The van der Waals surface area contributed by atoms with Crippen LogP contribution in [0.5, 0.6) is 0 Å². The molecule has 2 fully saturated rings. The lowest BCUT2D eigenvalue weighted by Crippen LogP contribution is -2.26. The molecule has 27 heavy (non-hydrogen) atoms. The van der Waals surface area contributed by atoms with Gasteiger partial charge in [-0.3, -0.25) is 4.79 Å². The Hall–Kier alpha value is -2.55. The van der Waals surface area contributed by atoms with Crippen LogP contribution in [0.15, 0.2) is 11.0 Å². The molecule has 0 spiro atoms. The summed E-state index contributed by atoms with van der Waals surface area (Å²) in [6.07, 6.45) is 2.55. The molecule has 9 heteroatoms. The summed E-state index contributed by atoms with van der Waals surface area (Å²) in [7, 11) is 0. The van der Waals surface area contributed by atoms with Crippen molar-refractivity contribution in [2.24, 2.45) is 0 Å². The van der Waals surface area contributed by atoms with Crippen molar-refractivity contribution in [1.82, 2.24) is 4.57 Å². The molecule has 1 aromatic heterocycles. The van der Waals surface area contributed by atoms with Crippen molar-refractivity contribution in [3.63, 3.8) is 0 Å². The van der Waals surface area contributed by atoms with E-state index in [4.69, 9.17) is 9.47 Å². The van der Waals surface area contributed by atoms with Crippen LogP contribution in [0.3, 0.4) is 0 Å². The highest BCUT2D eigenvalue weighted by Gasteiger charge is 2.34. The SMILES string of the molecule is CCOC(=O)c1cn(C2CC2)c2c(F)c(N3CCOC3)c(F)c(F)c2c1=O. The first-order valence-corrected chi connectivity index (χ1v) is 8.70. The molecule has 2 heterocycles. The average molecular weight is 382 g/mol. The molecule has 0 unspecified atom stereocenters. The first-order chi connectivity index (χ1) is 13.0. The zero-order valence-electron chi connectivity index (χ0n) is 14.6. The minimum atomic E-state index is -1.47. The second-order valence-corrected chi connectivity index (χ2v) is 6.55. The number of rotatable bonds is 4. The molecule has 0 bridgehead atoms. The van der Waals surface area contributed by atoms with E-state index in [0.717, 1.165) is 0 Å². The lowest BCUT2D eigenvalue weighted by molar-refractivity contribution is 0.0524. The van der Waals surface area contributed by atoms with Crippen molar-refractivity contribution < 1.29 is 27.4 Å². The number of pyridine rings is 1. The molecule has 144 valence electrons. The minimum Gasteiger partial charge on any atom is -0.462 e. The van der Waals surface area contributed by atoms with E-state index in [1.807, 2.05) is 0 Å². The third kappa shape index (κ3) is 2.77. The Morgan fingerprint density at radius 3 is 2.59 bits per heavy atom. The third-order valence-electron chi connectivity index (χ3n) is 4.78. The Morgan fingerprint density at radius 1 is 1.26 bits per heavy atom. The van der Waals surface area contributed by atoms with Gasteiger partial charge in [0.25, 0.3) is 0 Å². The molecular formula is C18H17F3N2O4. The highest BCUT2D eigenvalue weighted by molar-refractivity contribution is 5.95. The van der Waals surface area contributed by atoms with Crippen LogP contribution in [0, 0.1) is 17.5 Å². The molecule has 1 saturated carbocycles. The normalized spacial score (nSPS) is 17.0. The van der Waals surface area contributed by atoms with E-state index in [2.05, 4.69) is 0 Å². The van der Waals surface area contributed by atoms with Gasteiger partial charge in [0.05, 0.1) is 24.1 Å². The number of esters is 1. The summed E-state index contributed by atoms with van der Waals surface area (Å²) in [4.78, 5) is 26.0. The van der Waals surface area contributed by atoms with Gasteiger partial charge in [-0.25, -0.2) is 18.0 Å². The Bertz CT molecular complexity index is 995. The third-order valence-corrected chi connectivity index (χ3v) is 4.78. The van der Waals surface area contributed by atoms with Crippen molar-refractivity contribution in [1.29, 1.82) is 0 Å². The second kappa shape index (κ2) is 6.56. The van der Waals surface area contributed by atoms with E-state index < -0.39 is 45.5 Å². The maximum atomic E-state index is 15.3. The molecule has 1 aliphatic heterocycles. The number of benzene rings is 1. The van der Waals surface area contributed by atoms with Crippen LogP contribution in [-0.4, -0.2) is 37.0 Å². The van der Waals surface area contributed by atoms with Gasteiger partial charge in [0.1, 0.15) is 18.0 Å². The van der Waals surface area contributed by atoms with Crippen molar-refractivity contribution >= 4 is 22.6 Å². The molecule has 1 aromatic carbocycles. The summed E-state index contributed by atoms with van der Waals surface area (Å²) in [6.45, 7) is 1.96. The van der Waals surface area contributed by atoms with Crippen LogP contribution < -0.4 is 10.3 Å². The van der Waals surface area contributed by atoms with Gasteiger partial charge in [-0.1, -0.05) is 0 Å². The van der Waals surface area contributed by atoms with Gasteiger partial charge >= 0.3 is 5.97 Å². The van der Waals surface area contributed by atoms with E-state index in [0.29, 0.717) is 12.8 Å². The molecule has 6 nitrogen and oxygen atoms in total. The number of carbonyl (C=O) groups excluding carboxylic acids is 1. The monoisotopic (exact) mass is 382 g/mol. The van der Waals surface area contributed by atoms with Crippen LogP contribution in [0.25, 0.3) is 10.9 Å². The predicted octanol–water partition coefficient (Wildman–Crippen LogP) is 2.72. The van der Waals surface area contributed by atoms with Crippen molar-refractivity contribution in [2.45, 2.75) is 25.8 Å². The summed E-state index contributed by atoms with van der Waals surface area (Å²) >= 11 is 0. The van der Waals surface area contributed by atoms with Crippen LogP contribution in [0.1, 0.15) is 36.2 Å². The summed E-state index contributed by atoms with van der Waals surface area (Å²) in [5.74, 6) is -4.92. The van der Waals surface area contributed by atoms with Gasteiger partial charge in [0.15, 0.2) is 17.5 Å². The predicted molar refractivity (Wildman–Crippen MR) is 90.5 cm³/mol. The van der Waals surface area contributed by atoms with E-state index in [1.165, 1.54) is 15.7 Å². The molecule has 0 radical (unpaired) electrons. The fraction of sp³-hybridized carbons (Fsp3) is 0.444. The lowest BCUT2D eigenvalue weighted by Gasteiger charge is -2.21. The minimum absolute atomic E-state index is 0.0127. The fourth-order valence-corrected chi connectivity index (χ4v) is 3.35. The van der Waals surface area contributed by atoms with Gasteiger partial charge in [-0.05, 0) is 19.8 Å². The maximum Gasteiger partial charge on any atom is 0.343 e. The maximum absolute atomic E-state index is 15.3. The second-order valence-electron chi connectivity index (χ2n) is 6.55. The molecule has 1 saturated heterocycles. The number of carbonyl (C=O) groups is 1. The van der Waals surface area contributed by atoms with Crippen molar-refractivity contribution in [3.8, 4) is 0 Å². The largest absolute Gasteiger partial charge is 0.462 e. The molecule has 4 rings (SSSR count). The van der Waals surface area contributed by atoms with Crippen LogP contribution >= 0.6 is 0 Å². The smallest absolute Gasteiger partial charge is 0.343 e. The van der Waals surface area contributed by atoms with Crippen molar-refractivity contribution in [3.05, 3.63) is 39.4 Å².